The Labute approximate surface area is 212 Å². The van der Waals surface area contributed by atoms with E-state index in [0.29, 0.717) is 42.4 Å². The van der Waals surface area contributed by atoms with Gasteiger partial charge < -0.3 is 15.1 Å². The molecule has 3 saturated heterocycles. The van der Waals surface area contributed by atoms with Crippen LogP contribution in [0, 0.1) is 23.7 Å². The fourth-order valence-corrected chi connectivity index (χ4v) is 7.34. The summed E-state index contributed by atoms with van der Waals surface area (Å²) in [5.74, 6) is 3.11. The summed E-state index contributed by atoms with van der Waals surface area (Å²) in [4.78, 5) is 40.1. The molecule has 5 heterocycles. The van der Waals surface area contributed by atoms with Crippen LogP contribution in [0.5, 0.6) is 0 Å². The standard InChI is InChI=1S/C27H39N5O2S/c1-17(2)21-8-7-18(3)11-25(34)32-14-19-12-20(23(32)5-4-6-24(33)30-21)15-31(13-19)27-26-22(9-10-35-26)28-16-29-27/h9-10,16-21,23H,4-8,11-15H2,1-3H3,(H,30,33)/t18-,19+,20+,21+,23+/m1/s1. The summed E-state index contributed by atoms with van der Waals surface area (Å²) in [6.07, 6.45) is 7.61. The van der Waals surface area contributed by atoms with Gasteiger partial charge in [-0.1, -0.05) is 20.8 Å². The van der Waals surface area contributed by atoms with Crippen LogP contribution < -0.4 is 10.2 Å². The Morgan fingerprint density at radius 1 is 1.11 bits per heavy atom. The zero-order valence-electron chi connectivity index (χ0n) is 21.3. The smallest absolute Gasteiger partial charge is 0.223 e. The van der Waals surface area contributed by atoms with Gasteiger partial charge in [0.1, 0.15) is 12.1 Å². The van der Waals surface area contributed by atoms with E-state index in [0.717, 1.165) is 67.8 Å². The second kappa shape index (κ2) is 10.4. The third-order valence-corrected chi connectivity index (χ3v) is 9.26. The highest BCUT2D eigenvalue weighted by Crippen LogP contribution is 2.39. The van der Waals surface area contributed by atoms with Crippen LogP contribution >= 0.6 is 11.3 Å². The molecule has 0 spiro atoms. The van der Waals surface area contributed by atoms with E-state index < -0.39 is 0 Å². The number of rotatable bonds is 2. The molecule has 0 aliphatic carbocycles. The Morgan fingerprint density at radius 3 is 2.80 bits per heavy atom. The average Bonchev–Trinajstić information content (AvgIpc) is 3.31. The van der Waals surface area contributed by atoms with Gasteiger partial charge in [0.15, 0.2) is 0 Å². The molecular formula is C27H39N5O2S. The van der Waals surface area contributed by atoms with Crippen LogP contribution in [0.15, 0.2) is 17.8 Å². The Kier molecular flexibility index (Phi) is 7.28. The van der Waals surface area contributed by atoms with Crippen molar-refractivity contribution in [3.63, 3.8) is 0 Å². The molecular weight excluding hydrogens is 458 g/mol. The third kappa shape index (κ3) is 5.32. The lowest BCUT2D eigenvalue weighted by atomic mass is 9.77. The van der Waals surface area contributed by atoms with Crippen LogP contribution in [-0.2, 0) is 9.59 Å². The number of fused-ring (bicyclic) bond motifs is 5. The molecule has 3 fully saturated rings. The molecule has 0 aromatic carbocycles. The maximum absolute atomic E-state index is 13.6. The zero-order valence-corrected chi connectivity index (χ0v) is 22.1. The number of carbonyl (C=O) groups excluding carboxylic acids is 2. The van der Waals surface area contributed by atoms with E-state index in [9.17, 15) is 9.59 Å². The van der Waals surface area contributed by atoms with Crippen LogP contribution in [0.25, 0.3) is 10.2 Å². The van der Waals surface area contributed by atoms with E-state index in [4.69, 9.17) is 0 Å². The first kappa shape index (κ1) is 24.5. The minimum Gasteiger partial charge on any atom is -0.355 e. The first-order chi connectivity index (χ1) is 16.9. The minimum atomic E-state index is 0.161. The molecule has 0 unspecified atom stereocenters. The summed E-state index contributed by atoms with van der Waals surface area (Å²) < 4.78 is 1.15. The highest BCUT2D eigenvalue weighted by molar-refractivity contribution is 7.17. The number of hydrogen-bond acceptors (Lipinski definition) is 6. The maximum atomic E-state index is 13.6. The van der Waals surface area contributed by atoms with Crippen molar-refractivity contribution >= 4 is 39.2 Å². The van der Waals surface area contributed by atoms with E-state index in [1.807, 2.05) is 0 Å². The number of nitrogens with one attached hydrogen (secondary N) is 1. The largest absolute Gasteiger partial charge is 0.355 e. The normalized spacial score (nSPS) is 30.9. The second-order valence-corrected chi connectivity index (χ2v) is 12.3. The fraction of sp³-hybridized carbons (Fsp3) is 0.704. The van der Waals surface area contributed by atoms with Crippen LogP contribution in [-0.4, -0.2) is 58.4 Å². The molecule has 2 bridgehead atoms. The molecule has 1 N–H and O–H groups in total. The summed E-state index contributed by atoms with van der Waals surface area (Å²) in [6.45, 7) is 9.21. The predicted octanol–water partition coefficient (Wildman–Crippen LogP) is 4.48. The van der Waals surface area contributed by atoms with Gasteiger partial charge in [-0.3, -0.25) is 9.59 Å². The summed E-state index contributed by atoms with van der Waals surface area (Å²) in [6, 6.07) is 2.45. The molecule has 190 valence electrons. The topological polar surface area (TPSA) is 78.4 Å². The van der Waals surface area contributed by atoms with Crippen molar-refractivity contribution in [2.24, 2.45) is 23.7 Å². The van der Waals surface area contributed by atoms with E-state index in [1.54, 1.807) is 17.7 Å². The first-order valence-electron chi connectivity index (χ1n) is 13.4. The molecule has 2 aromatic rings. The average molecular weight is 498 g/mol. The van der Waals surface area contributed by atoms with Crippen molar-refractivity contribution in [3.05, 3.63) is 17.8 Å². The van der Waals surface area contributed by atoms with Gasteiger partial charge in [0, 0.05) is 44.6 Å². The Morgan fingerprint density at radius 2 is 1.97 bits per heavy atom. The first-order valence-corrected chi connectivity index (χ1v) is 14.3. The third-order valence-electron chi connectivity index (χ3n) is 8.36. The highest BCUT2D eigenvalue weighted by Gasteiger charge is 2.43. The lowest BCUT2D eigenvalue weighted by molar-refractivity contribution is -0.139. The predicted molar refractivity (Wildman–Crippen MR) is 140 cm³/mol. The Bertz CT molecular complexity index is 1060. The van der Waals surface area contributed by atoms with Crippen molar-refractivity contribution < 1.29 is 9.59 Å². The fourth-order valence-electron chi connectivity index (χ4n) is 6.48. The minimum absolute atomic E-state index is 0.161. The number of carbonyl (C=O) groups is 2. The van der Waals surface area contributed by atoms with Crippen LogP contribution in [0.3, 0.4) is 0 Å². The van der Waals surface area contributed by atoms with Gasteiger partial charge in [0.25, 0.3) is 0 Å². The van der Waals surface area contributed by atoms with Crippen LogP contribution in [0.2, 0.25) is 0 Å². The van der Waals surface area contributed by atoms with Crippen molar-refractivity contribution in [2.45, 2.75) is 77.8 Å². The number of aromatic nitrogens is 2. The Balaban J connectivity index is 1.36. The van der Waals surface area contributed by atoms with Gasteiger partial charge in [-0.15, -0.1) is 11.3 Å². The molecule has 3 aliphatic rings. The summed E-state index contributed by atoms with van der Waals surface area (Å²) >= 11 is 1.70. The number of thiophene rings is 1. The summed E-state index contributed by atoms with van der Waals surface area (Å²) in [5, 5.41) is 5.37. The van der Waals surface area contributed by atoms with Crippen molar-refractivity contribution in [3.8, 4) is 0 Å². The van der Waals surface area contributed by atoms with Gasteiger partial charge in [-0.25, -0.2) is 9.97 Å². The number of nitrogens with zero attached hydrogens (tertiary/aromatic N) is 4. The van der Waals surface area contributed by atoms with Crippen molar-refractivity contribution in [2.75, 3.05) is 24.5 Å². The Hall–Kier alpha value is -2.22. The number of anilines is 1. The van der Waals surface area contributed by atoms with Gasteiger partial charge in [0.05, 0.1) is 10.2 Å². The van der Waals surface area contributed by atoms with E-state index in [1.165, 1.54) is 0 Å². The van der Waals surface area contributed by atoms with Crippen molar-refractivity contribution in [1.82, 2.24) is 20.2 Å². The molecule has 0 radical (unpaired) electrons. The summed E-state index contributed by atoms with van der Waals surface area (Å²) in [7, 11) is 0. The zero-order chi connectivity index (χ0) is 24.5. The van der Waals surface area contributed by atoms with Crippen LogP contribution in [0.4, 0.5) is 5.82 Å². The van der Waals surface area contributed by atoms with Gasteiger partial charge in [0.2, 0.25) is 11.8 Å². The highest BCUT2D eigenvalue weighted by atomic mass is 32.1. The summed E-state index contributed by atoms with van der Waals surface area (Å²) in [5.41, 5.74) is 1.01. The van der Waals surface area contributed by atoms with Crippen molar-refractivity contribution in [1.29, 1.82) is 0 Å². The van der Waals surface area contributed by atoms with E-state index in [2.05, 4.69) is 57.3 Å². The van der Waals surface area contributed by atoms with E-state index >= 15 is 0 Å². The van der Waals surface area contributed by atoms with Gasteiger partial charge in [-0.05, 0) is 67.2 Å². The second-order valence-electron chi connectivity index (χ2n) is 11.4. The molecule has 5 rings (SSSR count). The molecule has 35 heavy (non-hydrogen) atoms. The maximum Gasteiger partial charge on any atom is 0.223 e. The molecule has 0 saturated carbocycles. The van der Waals surface area contributed by atoms with Gasteiger partial charge in [-0.2, -0.15) is 0 Å². The number of piperidine rings is 2. The molecule has 7 nitrogen and oxygen atoms in total. The molecule has 3 aliphatic heterocycles. The molecule has 2 amide bonds. The molecule has 2 aromatic heterocycles. The lowest BCUT2D eigenvalue weighted by Crippen LogP contribution is -2.59. The monoisotopic (exact) mass is 497 g/mol. The SMILES string of the molecule is CC(C)[C@@H]1CC[C@@H](C)CC(=O)N2C[C@H]3C[C@@H](CN(c4ncnc5ccsc45)C3)[C@@H]2CCCC(=O)N1. The molecule has 8 heteroatoms. The van der Waals surface area contributed by atoms with Crippen LogP contribution in [0.1, 0.15) is 65.7 Å². The number of amides is 2. The lowest BCUT2D eigenvalue weighted by Gasteiger charge is -2.51. The number of hydrogen-bond donors (Lipinski definition) is 1. The quantitative estimate of drug-likeness (QED) is 0.662. The van der Waals surface area contributed by atoms with Gasteiger partial charge >= 0.3 is 0 Å². The molecule has 5 atom stereocenters. The van der Waals surface area contributed by atoms with E-state index in [-0.39, 0.29) is 18.0 Å².